The Morgan fingerprint density at radius 1 is 1.12 bits per heavy atom. The summed E-state index contributed by atoms with van der Waals surface area (Å²) in [5.41, 5.74) is 0. The molecule has 5 nitrogen and oxygen atoms in total. The first-order valence-corrected chi connectivity index (χ1v) is 13.8. The Balaban J connectivity index is 2.02. The second kappa shape index (κ2) is 8.90. The van der Waals surface area contributed by atoms with Gasteiger partial charge in [0.1, 0.15) is 0 Å². The molecular formula is C18H32O5Si2. The van der Waals surface area contributed by atoms with E-state index < -0.39 is 29.3 Å². The van der Waals surface area contributed by atoms with Crippen molar-refractivity contribution in [2.45, 2.75) is 63.5 Å². The molecule has 1 saturated carbocycles. The van der Waals surface area contributed by atoms with Gasteiger partial charge >= 0.3 is 17.1 Å². The Hall–Kier alpha value is -0.546. The maximum atomic E-state index is 11.0. The molecule has 0 aliphatic heterocycles. The van der Waals surface area contributed by atoms with Crippen molar-refractivity contribution >= 4 is 22.3 Å². The average molecular weight is 385 g/mol. The molecule has 5 unspecified atom stereocenters. The third kappa shape index (κ3) is 5.46. The van der Waals surface area contributed by atoms with Crippen LogP contribution in [0.4, 0.5) is 0 Å². The summed E-state index contributed by atoms with van der Waals surface area (Å²) in [6.07, 6.45) is 1.89. The smallest absolute Gasteiger partial charge is 0.357 e. The quantitative estimate of drug-likeness (QED) is 0.598. The molecular weight excluding hydrogens is 352 g/mol. The highest BCUT2D eigenvalue weighted by molar-refractivity contribution is 6.87. The van der Waals surface area contributed by atoms with Gasteiger partial charge in [0, 0.05) is 7.11 Å². The predicted molar refractivity (Wildman–Crippen MR) is 103 cm³/mol. The molecule has 0 bridgehead atoms. The molecule has 25 heavy (non-hydrogen) atoms. The summed E-state index contributed by atoms with van der Waals surface area (Å²) in [7, 11) is -3.85. The van der Waals surface area contributed by atoms with Crippen LogP contribution in [0.2, 0.25) is 18.6 Å². The Morgan fingerprint density at radius 3 is 2.36 bits per heavy atom. The monoisotopic (exact) mass is 384 g/mol. The molecule has 7 heteroatoms. The lowest BCUT2D eigenvalue weighted by Crippen LogP contribution is -2.58. The SMILES string of the molecule is CC[Si](CCC1CCC(O)C(O)C1)(OC)O[Si](C)(O)c1ccccc1. The van der Waals surface area contributed by atoms with E-state index in [0.717, 1.165) is 30.1 Å². The van der Waals surface area contributed by atoms with Gasteiger partial charge in [-0.05, 0) is 55.4 Å². The minimum absolute atomic E-state index is 0.374. The molecule has 142 valence electrons. The van der Waals surface area contributed by atoms with Crippen LogP contribution in [0.15, 0.2) is 30.3 Å². The van der Waals surface area contributed by atoms with Crippen LogP contribution in [-0.4, -0.2) is 51.4 Å². The molecule has 1 aromatic carbocycles. The molecule has 5 atom stereocenters. The van der Waals surface area contributed by atoms with E-state index >= 15 is 0 Å². The highest BCUT2D eigenvalue weighted by Gasteiger charge is 2.44. The summed E-state index contributed by atoms with van der Waals surface area (Å²) < 4.78 is 12.2. The van der Waals surface area contributed by atoms with Crippen molar-refractivity contribution in [2.24, 2.45) is 5.92 Å². The number of hydrogen-bond donors (Lipinski definition) is 3. The van der Waals surface area contributed by atoms with Gasteiger partial charge in [-0.2, -0.15) is 0 Å². The van der Waals surface area contributed by atoms with Crippen molar-refractivity contribution < 1.29 is 23.5 Å². The van der Waals surface area contributed by atoms with Crippen molar-refractivity contribution in [3.63, 3.8) is 0 Å². The fourth-order valence-electron chi connectivity index (χ4n) is 3.66. The molecule has 0 amide bonds. The van der Waals surface area contributed by atoms with E-state index in [4.69, 9.17) is 8.54 Å². The van der Waals surface area contributed by atoms with Gasteiger partial charge in [0.2, 0.25) is 0 Å². The molecule has 0 heterocycles. The Bertz CT molecular complexity index is 521. The number of benzene rings is 1. The molecule has 0 aromatic heterocycles. The number of rotatable bonds is 8. The van der Waals surface area contributed by atoms with E-state index in [2.05, 4.69) is 6.92 Å². The zero-order chi connectivity index (χ0) is 18.5. The van der Waals surface area contributed by atoms with E-state index in [1.54, 1.807) is 13.7 Å². The van der Waals surface area contributed by atoms with Gasteiger partial charge in [-0.1, -0.05) is 37.3 Å². The molecule has 0 spiro atoms. The summed E-state index contributed by atoms with van der Waals surface area (Å²) in [4.78, 5) is 11.0. The fraction of sp³-hybridized carbons (Fsp3) is 0.667. The first kappa shape index (κ1) is 20.8. The van der Waals surface area contributed by atoms with Crippen molar-refractivity contribution in [2.75, 3.05) is 7.11 Å². The minimum atomic E-state index is -3.02. The first-order chi connectivity index (χ1) is 11.8. The van der Waals surface area contributed by atoms with Crippen LogP contribution in [0, 0.1) is 5.92 Å². The third-order valence-electron chi connectivity index (χ3n) is 5.43. The van der Waals surface area contributed by atoms with Crippen LogP contribution in [-0.2, 0) is 8.54 Å². The lowest BCUT2D eigenvalue weighted by Gasteiger charge is -2.37. The van der Waals surface area contributed by atoms with Gasteiger partial charge in [0.25, 0.3) is 0 Å². The topological polar surface area (TPSA) is 79.2 Å². The second-order valence-corrected chi connectivity index (χ2v) is 14.1. The largest absolute Gasteiger partial charge is 0.411 e. The molecule has 3 N–H and O–H groups in total. The lowest BCUT2D eigenvalue weighted by molar-refractivity contribution is -0.0260. The van der Waals surface area contributed by atoms with Crippen molar-refractivity contribution in [3.8, 4) is 0 Å². The Labute approximate surface area is 153 Å². The van der Waals surface area contributed by atoms with Crippen LogP contribution in [0.25, 0.3) is 0 Å². The third-order valence-corrected chi connectivity index (χ3v) is 12.8. The lowest BCUT2D eigenvalue weighted by atomic mass is 9.84. The summed E-state index contributed by atoms with van der Waals surface area (Å²) in [5.74, 6) is 0.374. The number of aliphatic hydroxyl groups excluding tert-OH is 2. The van der Waals surface area contributed by atoms with Gasteiger partial charge in [-0.15, -0.1) is 0 Å². The molecule has 1 fully saturated rings. The maximum Gasteiger partial charge on any atom is 0.357 e. The van der Waals surface area contributed by atoms with E-state index in [1.807, 2.05) is 30.3 Å². The standard InChI is InChI=1S/C18H32O5Si2/c1-4-25(22-2,13-12-15-10-11-17(19)18(20)14-15)23-24(3,21)16-8-6-5-7-9-16/h5-9,15,17-21H,4,10-14H2,1-3H3. The highest BCUT2D eigenvalue weighted by Crippen LogP contribution is 2.32. The van der Waals surface area contributed by atoms with Crippen LogP contribution >= 0.6 is 0 Å². The second-order valence-electron chi connectivity index (χ2n) is 7.27. The van der Waals surface area contributed by atoms with Crippen LogP contribution < -0.4 is 5.19 Å². The molecule has 1 aromatic rings. The van der Waals surface area contributed by atoms with Gasteiger partial charge < -0.3 is 23.5 Å². The van der Waals surface area contributed by atoms with Crippen molar-refractivity contribution in [3.05, 3.63) is 30.3 Å². The summed E-state index contributed by atoms with van der Waals surface area (Å²) in [5, 5.41) is 20.4. The molecule has 1 aliphatic rings. The van der Waals surface area contributed by atoms with Gasteiger partial charge in [0.15, 0.2) is 0 Å². The average Bonchev–Trinajstić information content (AvgIpc) is 2.62. The fourth-order valence-corrected chi connectivity index (χ4v) is 10.9. The zero-order valence-corrected chi connectivity index (χ0v) is 17.5. The summed E-state index contributed by atoms with van der Waals surface area (Å²) in [6, 6.07) is 11.2. The number of hydrogen-bond acceptors (Lipinski definition) is 5. The summed E-state index contributed by atoms with van der Waals surface area (Å²) in [6.45, 7) is 3.87. The summed E-state index contributed by atoms with van der Waals surface area (Å²) >= 11 is 0. The molecule has 1 aliphatic carbocycles. The molecule has 0 saturated heterocycles. The first-order valence-electron chi connectivity index (χ1n) is 9.21. The van der Waals surface area contributed by atoms with Gasteiger partial charge in [-0.25, -0.2) is 0 Å². The van der Waals surface area contributed by atoms with Crippen molar-refractivity contribution in [1.82, 2.24) is 0 Å². The van der Waals surface area contributed by atoms with Crippen molar-refractivity contribution in [1.29, 1.82) is 0 Å². The van der Waals surface area contributed by atoms with Crippen LogP contribution in [0.5, 0.6) is 0 Å². The number of aliphatic hydroxyl groups is 2. The van der Waals surface area contributed by atoms with E-state index in [-0.39, 0.29) is 0 Å². The van der Waals surface area contributed by atoms with Gasteiger partial charge in [-0.3, -0.25) is 0 Å². The highest BCUT2D eigenvalue weighted by atomic mass is 28.5. The molecule has 2 rings (SSSR count). The van der Waals surface area contributed by atoms with Crippen LogP contribution in [0.1, 0.15) is 32.6 Å². The van der Waals surface area contributed by atoms with Gasteiger partial charge in [0.05, 0.1) is 12.2 Å². The Kier molecular flexibility index (Phi) is 7.39. The van der Waals surface area contributed by atoms with Crippen LogP contribution in [0.3, 0.4) is 0 Å². The van der Waals surface area contributed by atoms with E-state index in [0.29, 0.717) is 18.8 Å². The molecule has 0 radical (unpaired) electrons. The predicted octanol–water partition coefficient (Wildman–Crippen LogP) is 1.99. The van der Waals surface area contributed by atoms with E-state index in [1.165, 1.54) is 0 Å². The zero-order valence-electron chi connectivity index (χ0n) is 15.5. The normalized spacial score (nSPS) is 29.0. The van der Waals surface area contributed by atoms with E-state index in [9.17, 15) is 15.0 Å². The Morgan fingerprint density at radius 2 is 1.80 bits per heavy atom. The minimum Gasteiger partial charge on any atom is -0.411 e. The maximum absolute atomic E-state index is 11.0.